The van der Waals surface area contributed by atoms with E-state index in [1.165, 1.54) is 12.1 Å². The van der Waals surface area contributed by atoms with Gasteiger partial charge in [-0.15, -0.1) is 20.4 Å². The molecule has 11 heteroatoms. The lowest BCUT2D eigenvalue weighted by Gasteiger charge is -2.03. The van der Waals surface area contributed by atoms with E-state index < -0.39 is 12.0 Å². The average molecular weight is 378 g/mol. The second-order valence-electron chi connectivity index (χ2n) is 5.25. The molecule has 0 atom stereocenters. The molecule has 0 amide bonds. The third-order valence-corrected chi connectivity index (χ3v) is 4.23. The van der Waals surface area contributed by atoms with Crippen molar-refractivity contribution in [2.75, 3.05) is 0 Å². The zero-order valence-corrected chi connectivity index (χ0v) is 13.9. The van der Waals surface area contributed by atoms with E-state index in [1.807, 2.05) is 31.2 Å². The predicted octanol–water partition coefficient (Wildman–Crippen LogP) is 3.65. The van der Waals surface area contributed by atoms with Crippen LogP contribution < -0.4 is 0 Å². The van der Waals surface area contributed by atoms with E-state index in [2.05, 4.69) is 25.5 Å². The molecule has 26 heavy (non-hydrogen) atoms. The van der Waals surface area contributed by atoms with Gasteiger partial charge in [-0.2, -0.15) is 22.8 Å². The smallest absolute Gasteiger partial charge is 0.411 e. The molecule has 0 saturated carbocycles. The van der Waals surface area contributed by atoms with E-state index in [0.29, 0.717) is 10.4 Å². The monoisotopic (exact) mass is 378 g/mol. The second kappa shape index (κ2) is 6.09. The summed E-state index contributed by atoms with van der Waals surface area (Å²) in [6.45, 7) is 1.91. The molecule has 1 aromatic carbocycles. The summed E-state index contributed by atoms with van der Waals surface area (Å²) >= 11 is 0.951. The van der Waals surface area contributed by atoms with Crippen molar-refractivity contribution in [1.82, 2.24) is 30.0 Å². The van der Waals surface area contributed by atoms with Crippen LogP contribution in [0.15, 0.2) is 51.1 Å². The standard InChI is InChI=1S/C15H9F3N6OS/c1-8-4-2-3-5-9(8)12-20-22-14(25-12)26-11-7-6-10-19-21-13(15(16,17)18)24(10)23-11/h2-7H,1H3. The molecular weight excluding hydrogens is 369 g/mol. The first-order valence-corrected chi connectivity index (χ1v) is 8.10. The van der Waals surface area contributed by atoms with Crippen molar-refractivity contribution in [1.29, 1.82) is 0 Å². The minimum Gasteiger partial charge on any atom is -0.411 e. The Balaban J connectivity index is 1.65. The molecule has 0 saturated heterocycles. The van der Waals surface area contributed by atoms with Crippen LogP contribution in [0.5, 0.6) is 0 Å². The van der Waals surface area contributed by atoms with E-state index >= 15 is 0 Å². The van der Waals surface area contributed by atoms with E-state index in [-0.39, 0.29) is 15.9 Å². The van der Waals surface area contributed by atoms with Crippen molar-refractivity contribution in [3.05, 3.63) is 47.8 Å². The second-order valence-corrected chi connectivity index (χ2v) is 6.22. The third kappa shape index (κ3) is 3.01. The van der Waals surface area contributed by atoms with Gasteiger partial charge in [0.2, 0.25) is 5.89 Å². The summed E-state index contributed by atoms with van der Waals surface area (Å²) in [7, 11) is 0. The highest BCUT2D eigenvalue weighted by molar-refractivity contribution is 7.99. The van der Waals surface area contributed by atoms with E-state index in [4.69, 9.17) is 4.42 Å². The fourth-order valence-electron chi connectivity index (χ4n) is 2.27. The van der Waals surface area contributed by atoms with Crippen molar-refractivity contribution < 1.29 is 17.6 Å². The van der Waals surface area contributed by atoms with Crippen LogP contribution in [0.25, 0.3) is 17.1 Å². The molecule has 3 aromatic heterocycles. The number of fused-ring (bicyclic) bond motifs is 1. The fourth-order valence-corrected chi connectivity index (χ4v) is 2.91. The molecular formula is C15H9F3N6OS. The molecule has 4 aromatic rings. The number of alkyl halides is 3. The molecule has 0 N–H and O–H groups in total. The number of nitrogens with zero attached hydrogens (tertiary/aromatic N) is 6. The van der Waals surface area contributed by atoms with Crippen molar-refractivity contribution in [3.8, 4) is 11.5 Å². The third-order valence-electron chi connectivity index (χ3n) is 3.47. The van der Waals surface area contributed by atoms with E-state index in [0.717, 1.165) is 22.9 Å². The zero-order valence-electron chi connectivity index (χ0n) is 13.1. The lowest BCUT2D eigenvalue weighted by molar-refractivity contribution is -0.146. The van der Waals surface area contributed by atoms with Gasteiger partial charge in [-0.05, 0) is 42.4 Å². The molecule has 0 aliphatic carbocycles. The number of rotatable bonds is 3. The largest absolute Gasteiger partial charge is 0.453 e. The Morgan fingerprint density at radius 2 is 1.81 bits per heavy atom. The Morgan fingerprint density at radius 3 is 2.58 bits per heavy atom. The van der Waals surface area contributed by atoms with Crippen LogP contribution in [0.2, 0.25) is 0 Å². The number of aromatic nitrogens is 6. The lowest BCUT2D eigenvalue weighted by Crippen LogP contribution is -2.12. The van der Waals surface area contributed by atoms with E-state index in [9.17, 15) is 13.2 Å². The Hall–Kier alpha value is -2.95. The van der Waals surface area contributed by atoms with Crippen LogP contribution in [0.4, 0.5) is 13.2 Å². The van der Waals surface area contributed by atoms with Gasteiger partial charge in [0.15, 0.2) is 5.65 Å². The van der Waals surface area contributed by atoms with Crippen LogP contribution in [-0.2, 0) is 6.18 Å². The SMILES string of the molecule is Cc1ccccc1-c1nnc(Sc2ccc3nnc(C(F)(F)F)n3n2)o1. The summed E-state index contributed by atoms with van der Waals surface area (Å²) < 4.78 is 45.0. The molecule has 7 nitrogen and oxygen atoms in total. The van der Waals surface area contributed by atoms with Crippen molar-refractivity contribution in [2.24, 2.45) is 0 Å². The minimum absolute atomic E-state index is 0.00666. The van der Waals surface area contributed by atoms with Gasteiger partial charge in [-0.3, -0.25) is 0 Å². The van der Waals surface area contributed by atoms with Crippen LogP contribution in [0, 0.1) is 6.92 Å². The topological polar surface area (TPSA) is 82.0 Å². The Labute approximate surface area is 148 Å². The quantitative estimate of drug-likeness (QED) is 0.538. The zero-order chi connectivity index (χ0) is 18.3. The van der Waals surface area contributed by atoms with E-state index in [1.54, 1.807) is 0 Å². The normalized spacial score (nSPS) is 12.0. The first-order chi connectivity index (χ1) is 12.4. The molecule has 0 aliphatic rings. The number of halogens is 3. The number of hydrogen-bond acceptors (Lipinski definition) is 7. The summed E-state index contributed by atoms with van der Waals surface area (Å²) in [5.74, 6) is -0.868. The van der Waals surface area contributed by atoms with Crippen LogP contribution in [0.1, 0.15) is 11.4 Å². The maximum absolute atomic E-state index is 12.9. The minimum atomic E-state index is -4.65. The fraction of sp³-hybridized carbons (Fsp3) is 0.133. The molecule has 0 aliphatic heterocycles. The maximum Gasteiger partial charge on any atom is 0.453 e. The molecule has 3 heterocycles. The average Bonchev–Trinajstić information content (AvgIpc) is 3.21. The highest BCUT2D eigenvalue weighted by Crippen LogP contribution is 2.31. The summed E-state index contributed by atoms with van der Waals surface area (Å²) in [4.78, 5) is 0. The Bertz CT molecular complexity index is 1090. The van der Waals surface area contributed by atoms with Gasteiger partial charge in [0.05, 0.1) is 0 Å². The predicted molar refractivity (Wildman–Crippen MR) is 84.4 cm³/mol. The highest BCUT2D eigenvalue weighted by atomic mass is 32.2. The highest BCUT2D eigenvalue weighted by Gasteiger charge is 2.37. The Kier molecular flexibility index (Phi) is 3.87. The number of benzene rings is 1. The van der Waals surface area contributed by atoms with Crippen molar-refractivity contribution in [2.45, 2.75) is 23.3 Å². The van der Waals surface area contributed by atoms with Gasteiger partial charge in [-0.1, -0.05) is 18.2 Å². The van der Waals surface area contributed by atoms with Crippen LogP contribution in [-0.4, -0.2) is 30.0 Å². The van der Waals surface area contributed by atoms with Gasteiger partial charge in [0.1, 0.15) is 5.03 Å². The van der Waals surface area contributed by atoms with Crippen molar-refractivity contribution in [3.63, 3.8) is 0 Å². The van der Waals surface area contributed by atoms with Gasteiger partial charge in [-0.25, -0.2) is 0 Å². The first-order valence-electron chi connectivity index (χ1n) is 7.29. The van der Waals surface area contributed by atoms with Gasteiger partial charge < -0.3 is 4.42 Å². The van der Waals surface area contributed by atoms with Gasteiger partial charge in [0, 0.05) is 5.56 Å². The molecule has 0 bridgehead atoms. The van der Waals surface area contributed by atoms with Crippen LogP contribution in [0.3, 0.4) is 0 Å². The lowest BCUT2D eigenvalue weighted by atomic mass is 10.1. The Morgan fingerprint density at radius 1 is 1.00 bits per heavy atom. The summed E-state index contributed by atoms with van der Waals surface area (Å²) in [6, 6.07) is 10.4. The maximum atomic E-state index is 12.9. The summed E-state index contributed by atoms with van der Waals surface area (Å²) in [5, 5.41) is 18.8. The molecule has 0 spiro atoms. The molecule has 0 fully saturated rings. The molecule has 132 valence electrons. The van der Waals surface area contributed by atoms with Gasteiger partial charge in [0.25, 0.3) is 11.0 Å². The molecule has 0 radical (unpaired) electrons. The number of hydrogen-bond donors (Lipinski definition) is 0. The molecule has 4 rings (SSSR count). The summed E-state index contributed by atoms with van der Waals surface area (Å²) in [5.41, 5.74) is 1.74. The van der Waals surface area contributed by atoms with Crippen LogP contribution >= 0.6 is 11.8 Å². The van der Waals surface area contributed by atoms with Gasteiger partial charge >= 0.3 is 6.18 Å². The van der Waals surface area contributed by atoms with Crippen molar-refractivity contribution >= 4 is 17.4 Å². The number of aryl methyl sites for hydroxylation is 1. The first kappa shape index (κ1) is 16.5. The molecule has 0 unspecified atom stereocenters. The summed E-state index contributed by atoms with van der Waals surface area (Å²) in [6.07, 6.45) is -4.65.